The Hall–Kier alpha value is -0.530. The van der Waals surface area contributed by atoms with Gasteiger partial charge in [0, 0.05) is 12.0 Å². The smallest absolute Gasteiger partial charge is 0.223 e. The molecule has 1 amide bonds. The lowest BCUT2D eigenvalue weighted by atomic mass is 9.68. The molecule has 0 saturated heterocycles. The van der Waals surface area contributed by atoms with E-state index < -0.39 is 0 Å². The summed E-state index contributed by atoms with van der Waals surface area (Å²) >= 11 is 0. The van der Waals surface area contributed by atoms with Crippen LogP contribution in [0.4, 0.5) is 0 Å². The fourth-order valence-electron chi connectivity index (χ4n) is 5.85. The topological polar surface area (TPSA) is 29.1 Å². The van der Waals surface area contributed by atoms with Crippen LogP contribution in [0.15, 0.2) is 0 Å². The molecule has 5 unspecified atom stereocenters. The van der Waals surface area contributed by atoms with Gasteiger partial charge in [0.05, 0.1) is 0 Å². The lowest BCUT2D eigenvalue weighted by molar-refractivity contribution is -0.128. The Morgan fingerprint density at radius 2 is 1.79 bits per heavy atom. The molecule has 0 radical (unpaired) electrons. The van der Waals surface area contributed by atoms with Crippen LogP contribution in [0.2, 0.25) is 0 Å². The Labute approximate surface area is 116 Å². The van der Waals surface area contributed by atoms with Gasteiger partial charge in [-0.3, -0.25) is 4.79 Å². The van der Waals surface area contributed by atoms with Crippen molar-refractivity contribution in [3.8, 4) is 0 Å². The molecule has 4 aliphatic rings. The molecule has 2 nitrogen and oxygen atoms in total. The van der Waals surface area contributed by atoms with Crippen molar-refractivity contribution in [2.75, 3.05) is 0 Å². The Kier molecular flexibility index (Phi) is 2.29. The minimum Gasteiger partial charge on any atom is -0.352 e. The molecular weight excluding hydrogens is 234 g/mol. The SMILES string of the molecule is CC12CCC(C1)C(C)(C)C2NC(=O)C1CC2CC2C1. The maximum atomic E-state index is 12.6. The Morgan fingerprint density at radius 1 is 1.11 bits per heavy atom. The maximum absolute atomic E-state index is 12.6. The predicted octanol–water partition coefficient (Wildman–Crippen LogP) is 3.36. The third-order valence-corrected chi connectivity index (χ3v) is 7.17. The standard InChI is InChI=1S/C17H27NO/c1-16(2)13-4-5-17(3,9-13)15(16)18-14(19)12-7-10-6-11(10)8-12/h10-13,15H,4-9H2,1-3H3,(H,18,19). The minimum atomic E-state index is 0.296. The largest absolute Gasteiger partial charge is 0.352 e. The highest BCUT2D eigenvalue weighted by atomic mass is 16.2. The second-order valence-electron chi connectivity index (χ2n) is 8.78. The van der Waals surface area contributed by atoms with Gasteiger partial charge in [-0.1, -0.05) is 20.8 Å². The highest BCUT2D eigenvalue weighted by Crippen LogP contribution is 2.62. The molecule has 0 spiro atoms. The van der Waals surface area contributed by atoms with Crippen molar-refractivity contribution in [2.45, 2.75) is 65.3 Å². The summed E-state index contributed by atoms with van der Waals surface area (Å²) in [6, 6.07) is 0.406. The molecule has 0 aromatic rings. The summed E-state index contributed by atoms with van der Waals surface area (Å²) in [5, 5.41) is 3.49. The molecule has 106 valence electrons. The second kappa shape index (κ2) is 3.56. The second-order valence-corrected chi connectivity index (χ2v) is 8.78. The van der Waals surface area contributed by atoms with Crippen LogP contribution in [0.5, 0.6) is 0 Å². The van der Waals surface area contributed by atoms with E-state index in [0.29, 0.717) is 28.7 Å². The molecule has 2 bridgehead atoms. The van der Waals surface area contributed by atoms with Gasteiger partial charge in [-0.25, -0.2) is 0 Å². The number of amides is 1. The number of rotatable bonds is 2. The lowest BCUT2D eigenvalue weighted by Gasteiger charge is -2.43. The summed E-state index contributed by atoms with van der Waals surface area (Å²) in [6.07, 6.45) is 7.73. The quantitative estimate of drug-likeness (QED) is 0.811. The van der Waals surface area contributed by atoms with Gasteiger partial charge in [-0.2, -0.15) is 0 Å². The zero-order valence-corrected chi connectivity index (χ0v) is 12.5. The first-order valence-corrected chi connectivity index (χ1v) is 8.20. The summed E-state index contributed by atoms with van der Waals surface area (Å²) in [4.78, 5) is 12.6. The van der Waals surface area contributed by atoms with Gasteiger partial charge in [-0.15, -0.1) is 0 Å². The van der Waals surface area contributed by atoms with E-state index in [1.54, 1.807) is 0 Å². The summed E-state index contributed by atoms with van der Waals surface area (Å²) in [6.45, 7) is 7.15. The van der Waals surface area contributed by atoms with Crippen LogP contribution < -0.4 is 5.32 Å². The Bertz CT molecular complexity index is 414. The maximum Gasteiger partial charge on any atom is 0.223 e. The van der Waals surface area contributed by atoms with Gasteiger partial charge in [-0.05, 0) is 67.1 Å². The van der Waals surface area contributed by atoms with E-state index in [-0.39, 0.29) is 0 Å². The van der Waals surface area contributed by atoms with Crippen molar-refractivity contribution in [1.29, 1.82) is 0 Å². The first kappa shape index (κ1) is 12.2. The van der Waals surface area contributed by atoms with Crippen molar-refractivity contribution in [3.63, 3.8) is 0 Å². The van der Waals surface area contributed by atoms with Crippen LogP contribution in [-0.4, -0.2) is 11.9 Å². The van der Waals surface area contributed by atoms with E-state index in [9.17, 15) is 4.79 Å². The van der Waals surface area contributed by atoms with Crippen LogP contribution in [-0.2, 0) is 4.79 Å². The van der Waals surface area contributed by atoms with E-state index >= 15 is 0 Å². The summed E-state index contributed by atoms with van der Waals surface area (Å²) in [7, 11) is 0. The van der Waals surface area contributed by atoms with E-state index in [1.165, 1.54) is 38.5 Å². The highest BCUT2D eigenvalue weighted by Gasteiger charge is 2.60. The molecule has 0 aromatic carbocycles. The number of fused-ring (bicyclic) bond motifs is 3. The number of hydrogen-bond acceptors (Lipinski definition) is 1. The number of nitrogens with one attached hydrogen (secondary N) is 1. The van der Waals surface area contributed by atoms with Crippen LogP contribution in [0.25, 0.3) is 0 Å². The van der Waals surface area contributed by atoms with Crippen LogP contribution >= 0.6 is 0 Å². The fraction of sp³-hybridized carbons (Fsp3) is 0.941. The van der Waals surface area contributed by atoms with Gasteiger partial charge in [0.25, 0.3) is 0 Å². The van der Waals surface area contributed by atoms with Gasteiger partial charge < -0.3 is 5.32 Å². The van der Waals surface area contributed by atoms with Crippen LogP contribution in [0, 0.1) is 34.5 Å². The molecule has 4 aliphatic carbocycles. The van der Waals surface area contributed by atoms with Crippen molar-refractivity contribution in [3.05, 3.63) is 0 Å². The molecule has 4 rings (SSSR count). The van der Waals surface area contributed by atoms with Crippen LogP contribution in [0.3, 0.4) is 0 Å². The lowest BCUT2D eigenvalue weighted by Crippen LogP contribution is -2.53. The van der Waals surface area contributed by atoms with Crippen molar-refractivity contribution >= 4 is 5.91 Å². The molecule has 0 heterocycles. The van der Waals surface area contributed by atoms with Crippen LogP contribution in [0.1, 0.15) is 59.3 Å². The first-order valence-electron chi connectivity index (χ1n) is 8.20. The third kappa shape index (κ3) is 1.64. The van der Waals surface area contributed by atoms with E-state index in [2.05, 4.69) is 26.1 Å². The molecule has 4 fully saturated rings. The monoisotopic (exact) mass is 261 g/mol. The van der Waals surface area contributed by atoms with Crippen molar-refractivity contribution in [2.24, 2.45) is 34.5 Å². The fourth-order valence-corrected chi connectivity index (χ4v) is 5.85. The number of hydrogen-bond donors (Lipinski definition) is 1. The summed E-state index contributed by atoms with van der Waals surface area (Å²) < 4.78 is 0. The highest BCUT2D eigenvalue weighted by molar-refractivity contribution is 5.79. The number of carbonyl (C=O) groups excluding carboxylic acids is 1. The molecular formula is C17H27NO. The molecule has 0 aromatic heterocycles. The zero-order valence-electron chi connectivity index (χ0n) is 12.5. The molecule has 4 saturated carbocycles. The first-order chi connectivity index (χ1) is 8.90. The number of carbonyl (C=O) groups is 1. The molecule has 5 atom stereocenters. The molecule has 0 aliphatic heterocycles. The normalized spacial score (nSPS) is 53.1. The summed E-state index contributed by atoms with van der Waals surface area (Å²) in [5.74, 6) is 3.33. The Morgan fingerprint density at radius 3 is 2.37 bits per heavy atom. The predicted molar refractivity (Wildman–Crippen MR) is 75.5 cm³/mol. The molecule has 1 N–H and O–H groups in total. The Balaban J connectivity index is 1.48. The van der Waals surface area contributed by atoms with E-state index in [0.717, 1.165) is 17.8 Å². The minimum absolute atomic E-state index is 0.296. The van der Waals surface area contributed by atoms with E-state index in [4.69, 9.17) is 0 Å². The van der Waals surface area contributed by atoms with E-state index in [1.807, 2.05) is 0 Å². The van der Waals surface area contributed by atoms with Gasteiger partial charge in [0.15, 0.2) is 0 Å². The molecule has 19 heavy (non-hydrogen) atoms. The van der Waals surface area contributed by atoms with Crippen molar-refractivity contribution < 1.29 is 4.79 Å². The van der Waals surface area contributed by atoms with Gasteiger partial charge >= 0.3 is 0 Å². The average Bonchev–Trinajstić information content (AvgIpc) is 2.73. The zero-order chi connectivity index (χ0) is 13.4. The van der Waals surface area contributed by atoms with Crippen molar-refractivity contribution in [1.82, 2.24) is 5.32 Å². The third-order valence-electron chi connectivity index (χ3n) is 7.17. The average molecular weight is 261 g/mol. The summed E-state index contributed by atoms with van der Waals surface area (Å²) in [5.41, 5.74) is 0.662. The van der Waals surface area contributed by atoms with Gasteiger partial charge in [0.1, 0.15) is 0 Å². The molecule has 2 heteroatoms. The van der Waals surface area contributed by atoms with Gasteiger partial charge in [0.2, 0.25) is 5.91 Å².